The van der Waals surface area contributed by atoms with Gasteiger partial charge in [-0.05, 0) is 48.1 Å². The minimum atomic E-state index is -0.519. The summed E-state index contributed by atoms with van der Waals surface area (Å²) in [5.74, 6) is -0.662. The van der Waals surface area contributed by atoms with Crippen molar-refractivity contribution >= 4 is 35.1 Å². The highest BCUT2D eigenvalue weighted by Crippen LogP contribution is 2.27. The molecule has 30 heavy (non-hydrogen) atoms. The topological polar surface area (TPSA) is 110 Å². The summed E-state index contributed by atoms with van der Waals surface area (Å²) in [6.07, 6.45) is 4.82. The number of nitrogens with zero attached hydrogens (tertiary/aromatic N) is 2. The van der Waals surface area contributed by atoms with Crippen molar-refractivity contribution in [3.8, 4) is 11.5 Å². The van der Waals surface area contributed by atoms with Crippen LogP contribution in [0.25, 0.3) is 12.2 Å². The van der Waals surface area contributed by atoms with Crippen molar-refractivity contribution in [1.82, 2.24) is 0 Å². The highest BCUT2D eigenvalue weighted by atomic mass is 16.6. The van der Waals surface area contributed by atoms with Crippen molar-refractivity contribution in [3.05, 3.63) is 69.8 Å². The largest absolute Gasteiger partial charge is 0.504 e. The highest BCUT2D eigenvalue weighted by molar-refractivity contribution is 6.11. The number of ether oxygens (including phenoxy) is 1. The summed E-state index contributed by atoms with van der Waals surface area (Å²) < 4.78 is 4.95. The maximum Gasteiger partial charge on any atom is 0.278 e. The molecule has 0 bridgehead atoms. The Morgan fingerprint density at radius 2 is 1.77 bits per heavy atom. The molecule has 0 radical (unpaired) electrons. The van der Waals surface area contributed by atoms with E-state index < -0.39 is 16.5 Å². The van der Waals surface area contributed by atoms with Gasteiger partial charge in [0.05, 0.1) is 24.0 Å². The molecule has 0 saturated heterocycles. The van der Waals surface area contributed by atoms with Crippen LogP contribution in [0.2, 0.25) is 0 Å². The molecule has 0 atom stereocenters. The van der Waals surface area contributed by atoms with Crippen LogP contribution in [0.5, 0.6) is 11.5 Å². The minimum absolute atomic E-state index is 0.0620. The standard InChI is InChI=1S/C22H22N2O6/c1-23(2)17-8-6-16(20(13-17)24(28)29)7-10-19(26)14-18(25)9-4-15-5-11-22(30-3)21(27)12-15/h4-13,27H,14H2,1-3H3/b9-4+,10-7+. The van der Waals surface area contributed by atoms with E-state index in [0.29, 0.717) is 17.0 Å². The van der Waals surface area contributed by atoms with Crippen molar-refractivity contribution in [3.63, 3.8) is 0 Å². The summed E-state index contributed by atoms with van der Waals surface area (Å²) in [5, 5.41) is 21.0. The molecule has 1 N–H and O–H groups in total. The van der Waals surface area contributed by atoms with Crippen LogP contribution in [0.15, 0.2) is 48.6 Å². The van der Waals surface area contributed by atoms with Gasteiger partial charge in [-0.25, -0.2) is 0 Å². The summed E-state index contributed by atoms with van der Waals surface area (Å²) >= 11 is 0. The molecular weight excluding hydrogens is 388 g/mol. The second-order valence-electron chi connectivity index (χ2n) is 6.60. The predicted molar refractivity (Wildman–Crippen MR) is 115 cm³/mol. The molecule has 0 fully saturated rings. The molecule has 0 amide bonds. The zero-order valence-electron chi connectivity index (χ0n) is 16.9. The van der Waals surface area contributed by atoms with E-state index in [1.54, 1.807) is 43.3 Å². The molecule has 0 saturated carbocycles. The lowest BCUT2D eigenvalue weighted by atomic mass is 10.1. The first kappa shape index (κ1) is 22.4. The van der Waals surface area contributed by atoms with E-state index >= 15 is 0 Å². The van der Waals surface area contributed by atoms with Crippen LogP contribution in [0.3, 0.4) is 0 Å². The number of hydrogen-bond acceptors (Lipinski definition) is 7. The zero-order chi connectivity index (χ0) is 22.3. The average molecular weight is 410 g/mol. The number of allylic oxidation sites excluding steroid dienone is 2. The van der Waals surface area contributed by atoms with Crippen LogP contribution < -0.4 is 9.64 Å². The molecule has 2 aromatic rings. The van der Waals surface area contributed by atoms with E-state index in [-0.39, 0.29) is 23.4 Å². The number of ketones is 2. The van der Waals surface area contributed by atoms with E-state index in [9.17, 15) is 24.8 Å². The predicted octanol–water partition coefficient (Wildman–Crippen LogP) is 3.63. The number of carbonyl (C=O) groups excluding carboxylic acids is 2. The van der Waals surface area contributed by atoms with Gasteiger partial charge >= 0.3 is 0 Å². The molecule has 0 aromatic heterocycles. The molecule has 8 heteroatoms. The second kappa shape index (κ2) is 10.0. The summed E-state index contributed by atoms with van der Waals surface area (Å²) in [4.78, 5) is 36.6. The fourth-order valence-electron chi connectivity index (χ4n) is 2.58. The van der Waals surface area contributed by atoms with E-state index in [2.05, 4.69) is 0 Å². The Bertz CT molecular complexity index is 1020. The third-order valence-corrected chi connectivity index (χ3v) is 4.19. The number of nitro benzene ring substituents is 1. The lowest BCUT2D eigenvalue weighted by Crippen LogP contribution is -2.09. The minimum Gasteiger partial charge on any atom is -0.504 e. The zero-order valence-corrected chi connectivity index (χ0v) is 16.9. The number of hydrogen-bond donors (Lipinski definition) is 1. The van der Waals surface area contributed by atoms with E-state index in [4.69, 9.17) is 4.74 Å². The van der Waals surface area contributed by atoms with Crippen molar-refractivity contribution in [2.24, 2.45) is 0 Å². The number of aromatic hydroxyl groups is 1. The first-order valence-electron chi connectivity index (χ1n) is 8.96. The van der Waals surface area contributed by atoms with Crippen LogP contribution >= 0.6 is 0 Å². The number of anilines is 1. The van der Waals surface area contributed by atoms with Gasteiger partial charge in [-0.2, -0.15) is 0 Å². The smallest absolute Gasteiger partial charge is 0.278 e. The normalized spacial score (nSPS) is 11.0. The van der Waals surface area contributed by atoms with Crippen LogP contribution in [0.1, 0.15) is 17.5 Å². The van der Waals surface area contributed by atoms with Gasteiger partial charge in [-0.15, -0.1) is 0 Å². The SMILES string of the molecule is COc1ccc(/C=C/C(=O)CC(=O)/C=C/c2ccc(N(C)C)cc2[N+](=O)[O-])cc1O. The van der Waals surface area contributed by atoms with Gasteiger partial charge in [-0.1, -0.05) is 12.1 Å². The van der Waals surface area contributed by atoms with Crippen molar-refractivity contribution in [2.45, 2.75) is 6.42 Å². The lowest BCUT2D eigenvalue weighted by Gasteiger charge is -2.12. The molecule has 156 valence electrons. The number of benzene rings is 2. The van der Waals surface area contributed by atoms with Crippen molar-refractivity contribution < 1.29 is 24.4 Å². The molecule has 0 aliphatic carbocycles. The number of phenols is 1. The summed E-state index contributed by atoms with van der Waals surface area (Å²) in [5.41, 5.74) is 1.38. The Morgan fingerprint density at radius 3 is 2.33 bits per heavy atom. The maximum absolute atomic E-state index is 12.1. The van der Waals surface area contributed by atoms with E-state index in [1.807, 2.05) is 0 Å². The van der Waals surface area contributed by atoms with Gasteiger partial charge in [0, 0.05) is 25.8 Å². The van der Waals surface area contributed by atoms with E-state index in [1.165, 1.54) is 37.5 Å². The lowest BCUT2D eigenvalue weighted by molar-refractivity contribution is -0.385. The quantitative estimate of drug-likeness (QED) is 0.291. The Labute approximate surface area is 173 Å². The number of nitro groups is 1. The van der Waals surface area contributed by atoms with Gasteiger partial charge < -0.3 is 14.7 Å². The highest BCUT2D eigenvalue weighted by Gasteiger charge is 2.14. The molecule has 0 unspecified atom stereocenters. The van der Waals surface area contributed by atoms with Gasteiger partial charge in [0.25, 0.3) is 5.69 Å². The van der Waals surface area contributed by atoms with Crippen LogP contribution in [0, 0.1) is 10.1 Å². The summed E-state index contributed by atoms with van der Waals surface area (Å²) in [7, 11) is 4.97. The molecular formula is C22H22N2O6. The molecule has 0 aliphatic heterocycles. The Balaban J connectivity index is 2.04. The van der Waals surface area contributed by atoms with Crippen LogP contribution in [-0.4, -0.2) is 42.8 Å². The van der Waals surface area contributed by atoms with Crippen LogP contribution in [-0.2, 0) is 9.59 Å². The van der Waals surface area contributed by atoms with Gasteiger partial charge in [-0.3, -0.25) is 19.7 Å². The summed E-state index contributed by atoms with van der Waals surface area (Å²) in [6.45, 7) is 0. The van der Waals surface area contributed by atoms with Crippen LogP contribution in [0.4, 0.5) is 11.4 Å². The molecule has 0 aliphatic rings. The Kier molecular flexibility index (Phi) is 7.46. The van der Waals surface area contributed by atoms with E-state index in [0.717, 1.165) is 6.08 Å². The third kappa shape index (κ3) is 6.03. The fraction of sp³-hybridized carbons (Fsp3) is 0.182. The molecule has 2 aromatic carbocycles. The number of methoxy groups -OCH3 is 1. The summed E-state index contributed by atoms with van der Waals surface area (Å²) in [6, 6.07) is 9.32. The molecule has 0 heterocycles. The van der Waals surface area contributed by atoms with Gasteiger partial charge in [0.2, 0.25) is 0 Å². The number of carbonyl (C=O) groups is 2. The van der Waals surface area contributed by atoms with Crippen molar-refractivity contribution in [2.75, 3.05) is 26.1 Å². The second-order valence-corrected chi connectivity index (χ2v) is 6.60. The Hall–Kier alpha value is -3.94. The van der Waals surface area contributed by atoms with Gasteiger partial charge in [0.15, 0.2) is 23.1 Å². The Morgan fingerprint density at radius 1 is 1.10 bits per heavy atom. The average Bonchev–Trinajstić information content (AvgIpc) is 2.70. The maximum atomic E-state index is 12.1. The molecule has 2 rings (SSSR count). The van der Waals surface area contributed by atoms with Gasteiger partial charge in [0.1, 0.15) is 0 Å². The monoisotopic (exact) mass is 410 g/mol. The molecule has 0 spiro atoms. The third-order valence-electron chi connectivity index (χ3n) is 4.19. The number of rotatable bonds is 9. The fourth-order valence-corrected chi connectivity index (χ4v) is 2.58. The molecule has 8 nitrogen and oxygen atoms in total. The first-order chi connectivity index (χ1) is 14.2. The van der Waals surface area contributed by atoms with Crippen molar-refractivity contribution in [1.29, 1.82) is 0 Å². The number of phenolic OH excluding ortho intramolecular Hbond substituents is 1. The first-order valence-corrected chi connectivity index (χ1v) is 8.96.